The van der Waals surface area contributed by atoms with Crippen molar-refractivity contribution < 1.29 is 0 Å². The van der Waals surface area contributed by atoms with Gasteiger partial charge in [0.1, 0.15) is 0 Å². The molecule has 88 valence electrons. The minimum atomic E-state index is 0.278. The van der Waals surface area contributed by atoms with Crippen LogP contribution in [-0.2, 0) is 0 Å². The zero-order chi connectivity index (χ0) is 11.7. The zero-order valence-electron chi connectivity index (χ0n) is 9.91. The third-order valence-electron chi connectivity index (χ3n) is 3.48. The van der Waals surface area contributed by atoms with Gasteiger partial charge in [0.25, 0.3) is 0 Å². The largest absolute Gasteiger partial charge is 0.326 e. The summed E-state index contributed by atoms with van der Waals surface area (Å²) in [5, 5.41) is 0. The molecule has 1 aliphatic heterocycles. The van der Waals surface area contributed by atoms with E-state index in [-0.39, 0.29) is 6.04 Å². The smallest absolute Gasteiger partial charge is 0.0499 e. The van der Waals surface area contributed by atoms with Crippen LogP contribution in [0.4, 0.5) is 0 Å². The molecular weight excluding hydrogens is 264 g/mol. The Kier molecular flexibility index (Phi) is 3.67. The Balaban J connectivity index is 2.31. The molecule has 0 aromatic heterocycles. The maximum atomic E-state index is 6.21. The summed E-state index contributed by atoms with van der Waals surface area (Å²) in [6.45, 7) is 6.53. The molecule has 0 saturated carbocycles. The molecule has 2 nitrogen and oxygen atoms in total. The van der Waals surface area contributed by atoms with E-state index in [1.54, 1.807) is 0 Å². The second kappa shape index (κ2) is 4.86. The maximum absolute atomic E-state index is 6.21. The molecule has 1 heterocycles. The Morgan fingerprint density at radius 2 is 2.25 bits per heavy atom. The summed E-state index contributed by atoms with van der Waals surface area (Å²) >= 11 is 3.54. The molecule has 0 aliphatic carbocycles. The van der Waals surface area contributed by atoms with E-state index in [0.29, 0.717) is 6.04 Å². The van der Waals surface area contributed by atoms with Crippen LogP contribution >= 0.6 is 15.9 Å². The van der Waals surface area contributed by atoms with Crippen molar-refractivity contribution in [3.8, 4) is 0 Å². The molecule has 1 aliphatic rings. The molecule has 0 spiro atoms. The quantitative estimate of drug-likeness (QED) is 0.904. The van der Waals surface area contributed by atoms with Crippen LogP contribution in [0.2, 0.25) is 0 Å². The Morgan fingerprint density at radius 1 is 1.50 bits per heavy atom. The number of likely N-dealkylation sites (N-methyl/N-ethyl adjacent to an activating group) is 1. The summed E-state index contributed by atoms with van der Waals surface area (Å²) in [5.74, 6) is 0. The number of halogens is 1. The van der Waals surface area contributed by atoms with Gasteiger partial charge in [-0.15, -0.1) is 0 Å². The van der Waals surface area contributed by atoms with E-state index in [2.05, 4.69) is 52.9 Å². The summed E-state index contributed by atoms with van der Waals surface area (Å²) in [5.41, 5.74) is 8.85. The highest BCUT2D eigenvalue weighted by Crippen LogP contribution is 2.32. The Bertz CT molecular complexity index is 378. The predicted molar refractivity (Wildman–Crippen MR) is 71.5 cm³/mol. The average molecular weight is 283 g/mol. The van der Waals surface area contributed by atoms with E-state index in [1.165, 1.54) is 15.6 Å². The number of nitrogens with two attached hydrogens (primary N) is 1. The molecule has 3 heteroatoms. The molecule has 1 aromatic rings. The van der Waals surface area contributed by atoms with Crippen molar-refractivity contribution in [2.75, 3.05) is 13.1 Å². The molecule has 0 radical (unpaired) electrons. The van der Waals surface area contributed by atoms with Gasteiger partial charge in [-0.2, -0.15) is 0 Å². The van der Waals surface area contributed by atoms with Crippen LogP contribution in [-0.4, -0.2) is 24.0 Å². The molecule has 1 saturated heterocycles. The molecule has 1 fully saturated rings. The van der Waals surface area contributed by atoms with Crippen LogP contribution in [0, 0.1) is 6.92 Å². The lowest BCUT2D eigenvalue weighted by atomic mass is 9.99. The molecule has 0 amide bonds. The molecule has 2 rings (SSSR count). The SMILES string of the molecule is CCN1CCC(N)C1c1ccc(Br)c(C)c1. The summed E-state index contributed by atoms with van der Waals surface area (Å²) < 4.78 is 1.17. The first-order chi connectivity index (χ1) is 7.63. The Hall–Kier alpha value is -0.380. The van der Waals surface area contributed by atoms with Crippen molar-refractivity contribution in [1.82, 2.24) is 4.90 Å². The normalized spacial score (nSPS) is 26.2. The van der Waals surface area contributed by atoms with Gasteiger partial charge in [0, 0.05) is 23.1 Å². The average Bonchev–Trinajstić information content (AvgIpc) is 2.64. The fourth-order valence-corrected chi connectivity index (χ4v) is 2.79. The first-order valence-electron chi connectivity index (χ1n) is 5.89. The van der Waals surface area contributed by atoms with Crippen molar-refractivity contribution in [3.05, 3.63) is 33.8 Å². The van der Waals surface area contributed by atoms with E-state index in [0.717, 1.165) is 19.5 Å². The third kappa shape index (κ3) is 2.17. The van der Waals surface area contributed by atoms with Crippen LogP contribution in [0.1, 0.15) is 30.5 Å². The second-order valence-corrected chi connectivity index (χ2v) is 5.39. The fraction of sp³-hybridized carbons (Fsp3) is 0.538. The molecule has 1 aromatic carbocycles. The van der Waals surface area contributed by atoms with Crippen molar-refractivity contribution in [2.24, 2.45) is 5.73 Å². The molecule has 2 atom stereocenters. The van der Waals surface area contributed by atoms with Gasteiger partial charge in [0.15, 0.2) is 0 Å². The predicted octanol–water partition coefficient (Wildman–Crippen LogP) is 2.85. The number of likely N-dealkylation sites (tertiary alicyclic amines) is 1. The van der Waals surface area contributed by atoms with Crippen LogP contribution in [0.5, 0.6) is 0 Å². The van der Waals surface area contributed by atoms with Crippen LogP contribution in [0.15, 0.2) is 22.7 Å². The van der Waals surface area contributed by atoms with Gasteiger partial charge < -0.3 is 5.73 Å². The van der Waals surface area contributed by atoms with Gasteiger partial charge in [-0.3, -0.25) is 4.90 Å². The Morgan fingerprint density at radius 3 is 2.88 bits per heavy atom. The van der Waals surface area contributed by atoms with E-state index in [9.17, 15) is 0 Å². The van der Waals surface area contributed by atoms with Crippen LogP contribution in [0.3, 0.4) is 0 Å². The summed E-state index contributed by atoms with van der Waals surface area (Å²) in [7, 11) is 0. The summed E-state index contributed by atoms with van der Waals surface area (Å²) in [6, 6.07) is 7.25. The standard InChI is InChI=1S/C13H19BrN2/c1-3-16-7-6-12(15)13(16)10-4-5-11(14)9(2)8-10/h4-5,8,12-13H,3,6-7,15H2,1-2H3. The zero-order valence-corrected chi connectivity index (χ0v) is 11.5. The van der Waals surface area contributed by atoms with E-state index >= 15 is 0 Å². The van der Waals surface area contributed by atoms with Crippen LogP contribution in [0.25, 0.3) is 0 Å². The Labute approximate surface area is 106 Å². The number of hydrogen-bond donors (Lipinski definition) is 1. The lowest BCUT2D eigenvalue weighted by Gasteiger charge is -2.26. The lowest BCUT2D eigenvalue weighted by molar-refractivity contribution is 0.261. The highest BCUT2D eigenvalue weighted by Gasteiger charge is 2.31. The molecule has 2 unspecified atom stereocenters. The van der Waals surface area contributed by atoms with Crippen molar-refractivity contribution in [2.45, 2.75) is 32.4 Å². The summed E-state index contributed by atoms with van der Waals surface area (Å²) in [6.07, 6.45) is 1.10. The molecular formula is C13H19BrN2. The first-order valence-corrected chi connectivity index (χ1v) is 6.68. The minimum absolute atomic E-state index is 0.278. The number of aryl methyl sites for hydroxylation is 1. The first kappa shape index (κ1) is 12.1. The number of benzene rings is 1. The molecule has 2 N–H and O–H groups in total. The monoisotopic (exact) mass is 282 g/mol. The number of rotatable bonds is 2. The molecule has 0 bridgehead atoms. The van der Waals surface area contributed by atoms with Gasteiger partial charge in [0.2, 0.25) is 0 Å². The van der Waals surface area contributed by atoms with Gasteiger partial charge in [-0.1, -0.05) is 35.0 Å². The summed E-state index contributed by atoms with van der Waals surface area (Å²) in [4.78, 5) is 2.47. The number of nitrogens with zero attached hydrogens (tertiary/aromatic N) is 1. The third-order valence-corrected chi connectivity index (χ3v) is 4.37. The van der Waals surface area contributed by atoms with E-state index < -0.39 is 0 Å². The van der Waals surface area contributed by atoms with Gasteiger partial charge in [-0.25, -0.2) is 0 Å². The second-order valence-electron chi connectivity index (χ2n) is 4.53. The van der Waals surface area contributed by atoms with Gasteiger partial charge >= 0.3 is 0 Å². The van der Waals surface area contributed by atoms with E-state index in [4.69, 9.17) is 5.73 Å². The van der Waals surface area contributed by atoms with Crippen molar-refractivity contribution in [1.29, 1.82) is 0 Å². The van der Waals surface area contributed by atoms with Gasteiger partial charge in [-0.05, 0) is 37.1 Å². The van der Waals surface area contributed by atoms with E-state index in [1.807, 2.05) is 0 Å². The highest BCUT2D eigenvalue weighted by atomic mass is 79.9. The maximum Gasteiger partial charge on any atom is 0.0499 e. The van der Waals surface area contributed by atoms with Crippen LogP contribution < -0.4 is 5.73 Å². The topological polar surface area (TPSA) is 29.3 Å². The minimum Gasteiger partial charge on any atom is -0.326 e. The van der Waals surface area contributed by atoms with Crippen molar-refractivity contribution >= 4 is 15.9 Å². The highest BCUT2D eigenvalue weighted by molar-refractivity contribution is 9.10. The lowest BCUT2D eigenvalue weighted by Crippen LogP contribution is -2.31. The van der Waals surface area contributed by atoms with Crippen molar-refractivity contribution in [3.63, 3.8) is 0 Å². The van der Waals surface area contributed by atoms with Gasteiger partial charge in [0.05, 0.1) is 0 Å². The molecule has 16 heavy (non-hydrogen) atoms. The fourth-order valence-electron chi connectivity index (χ4n) is 2.55. The number of hydrogen-bond acceptors (Lipinski definition) is 2.